The van der Waals surface area contributed by atoms with E-state index in [0.717, 1.165) is 27.0 Å². The molecule has 2 aliphatic heterocycles. The van der Waals surface area contributed by atoms with Crippen LogP contribution in [-0.4, -0.2) is 12.6 Å². The third-order valence-electron chi connectivity index (χ3n) is 6.51. The molecule has 2 aromatic carbocycles. The molecular weight excluding hydrogens is 482 g/mol. The van der Waals surface area contributed by atoms with Gasteiger partial charge in [-0.3, -0.25) is 9.69 Å². The lowest BCUT2D eigenvalue weighted by Gasteiger charge is -2.44. The van der Waals surface area contributed by atoms with Gasteiger partial charge in [0.2, 0.25) is 6.79 Å². The largest absolute Gasteiger partial charge is 0.454 e. The zero-order valence-corrected chi connectivity index (χ0v) is 20.3. The van der Waals surface area contributed by atoms with Crippen molar-refractivity contribution in [1.82, 2.24) is 0 Å². The van der Waals surface area contributed by atoms with Crippen LogP contribution in [0.15, 0.2) is 63.5 Å². The number of nitrogens with two attached hydrogens (primary N) is 1. The number of ether oxygens (including phenoxy) is 2. The van der Waals surface area contributed by atoms with Crippen LogP contribution in [-0.2, 0) is 4.79 Å². The average molecular weight is 506 g/mol. The third-order valence-corrected chi connectivity index (χ3v) is 7.00. The van der Waals surface area contributed by atoms with Crippen LogP contribution in [0.3, 0.4) is 0 Å². The van der Waals surface area contributed by atoms with Crippen molar-refractivity contribution in [2.24, 2.45) is 11.1 Å². The van der Waals surface area contributed by atoms with Gasteiger partial charge in [0.15, 0.2) is 17.3 Å². The molecule has 33 heavy (non-hydrogen) atoms. The summed E-state index contributed by atoms with van der Waals surface area (Å²) >= 11 is 3.52. The number of nitriles is 1. The van der Waals surface area contributed by atoms with Crippen molar-refractivity contribution in [3.05, 3.63) is 74.7 Å². The highest BCUT2D eigenvalue weighted by Gasteiger charge is 2.45. The van der Waals surface area contributed by atoms with Gasteiger partial charge < -0.3 is 15.2 Å². The molecule has 1 aliphatic carbocycles. The molecule has 3 aliphatic rings. The summed E-state index contributed by atoms with van der Waals surface area (Å²) in [6.07, 6.45) is 1.09. The Morgan fingerprint density at radius 2 is 1.91 bits per heavy atom. The second-order valence-corrected chi connectivity index (χ2v) is 10.4. The molecule has 1 atom stereocenters. The van der Waals surface area contributed by atoms with E-state index in [-0.39, 0.29) is 18.0 Å². The van der Waals surface area contributed by atoms with E-state index < -0.39 is 5.92 Å². The van der Waals surface area contributed by atoms with Gasteiger partial charge in [0.25, 0.3) is 0 Å². The standard InChI is InChI=1S/C26H24BrN3O3/c1-14-8-16(27)5-6-18(14)30-19-10-26(2,3)11-20(31)24(19)23(17(12-28)25(30)29)15-4-7-21-22(9-15)33-13-32-21/h4-9,23H,10-11,13,29H2,1-3H3/t23-/m1/s1. The number of ketones is 1. The first-order chi connectivity index (χ1) is 15.7. The molecule has 168 valence electrons. The molecule has 0 saturated heterocycles. The minimum atomic E-state index is -0.546. The minimum Gasteiger partial charge on any atom is -0.454 e. The first-order valence-electron chi connectivity index (χ1n) is 10.8. The number of benzene rings is 2. The summed E-state index contributed by atoms with van der Waals surface area (Å²) in [7, 11) is 0. The van der Waals surface area contributed by atoms with Crippen LogP contribution >= 0.6 is 15.9 Å². The lowest BCUT2D eigenvalue weighted by atomic mass is 9.68. The van der Waals surface area contributed by atoms with E-state index in [1.807, 2.05) is 48.2 Å². The molecule has 0 amide bonds. The Bertz CT molecular complexity index is 1300. The van der Waals surface area contributed by atoms with Gasteiger partial charge in [-0.15, -0.1) is 0 Å². The van der Waals surface area contributed by atoms with Gasteiger partial charge in [-0.2, -0.15) is 5.26 Å². The summed E-state index contributed by atoms with van der Waals surface area (Å²) in [5, 5.41) is 10.2. The molecule has 0 unspecified atom stereocenters. The van der Waals surface area contributed by atoms with Crippen LogP contribution < -0.4 is 20.1 Å². The quantitative estimate of drug-likeness (QED) is 0.585. The molecule has 0 radical (unpaired) electrons. The predicted octanol–water partition coefficient (Wildman–Crippen LogP) is 5.43. The highest BCUT2D eigenvalue weighted by molar-refractivity contribution is 9.10. The van der Waals surface area contributed by atoms with Crippen LogP contribution in [0.2, 0.25) is 0 Å². The van der Waals surface area contributed by atoms with Gasteiger partial charge in [0.05, 0.1) is 23.2 Å². The van der Waals surface area contributed by atoms with Gasteiger partial charge in [-0.05, 0) is 60.2 Å². The fraction of sp³-hybridized carbons (Fsp3) is 0.308. The average Bonchev–Trinajstić information content (AvgIpc) is 3.21. The summed E-state index contributed by atoms with van der Waals surface area (Å²) in [6.45, 7) is 6.34. The van der Waals surface area contributed by atoms with Crippen molar-refractivity contribution >= 4 is 27.4 Å². The molecule has 2 heterocycles. The molecule has 5 rings (SSSR count). The molecule has 6 nitrogen and oxygen atoms in total. The Labute approximate surface area is 201 Å². The summed E-state index contributed by atoms with van der Waals surface area (Å²) in [5.41, 5.74) is 11.0. The number of carbonyl (C=O) groups excluding carboxylic acids is 1. The van der Waals surface area contributed by atoms with Crippen LogP contribution in [0.1, 0.15) is 43.7 Å². The fourth-order valence-electron chi connectivity index (χ4n) is 5.08. The van der Waals surface area contributed by atoms with Crippen LogP contribution in [0.4, 0.5) is 5.69 Å². The SMILES string of the molecule is Cc1cc(Br)ccc1N1C(N)=C(C#N)[C@@H](c2ccc3c(c2)OCO3)C2=C1CC(C)(C)CC2=O. The Hall–Kier alpha value is -3.24. The van der Waals surface area contributed by atoms with E-state index in [2.05, 4.69) is 35.8 Å². The maximum Gasteiger partial charge on any atom is 0.231 e. The zero-order chi connectivity index (χ0) is 23.5. The van der Waals surface area contributed by atoms with Crippen LogP contribution in [0, 0.1) is 23.7 Å². The summed E-state index contributed by atoms with van der Waals surface area (Å²) in [4.78, 5) is 15.5. The van der Waals surface area contributed by atoms with Crippen molar-refractivity contribution in [2.75, 3.05) is 11.7 Å². The van der Waals surface area contributed by atoms with Crippen molar-refractivity contribution in [3.63, 3.8) is 0 Å². The van der Waals surface area contributed by atoms with E-state index in [0.29, 0.717) is 41.3 Å². The van der Waals surface area contributed by atoms with Gasteiger partial charge in [0, 0.05) is 22.2 Å². The number of anilines is 1. The summed E-state index contributed by atoms with van der Waals surface area (Å²) in [5.74, 6) is 1.12. The maximum atomic E-state index is 13.6. The van der Waals surface area contributed by atoms with E-state index >= 15 is 0 Å². The Kier molecular flexibility index (Phi) is 5.02. The maximum absolute atomic E-state index is 13.6. The van der Waals surface area contributed by atoms with Crippen LogP contribution in [0.25, 0.3) is 0 Å². The predicted molar refractivity (Wildman–Crippen MR) is 129 cm³/mol. The van der Waals surface area contributed by atoms with Crippen molar-refractivity contribution < 1.29 is 14.3 Å². The Balaban J connectivity index is 1.76. The number of allylic oxidation sites excluding steroid dienone is 3. The number of Topliss-reactive ketones (excluding diaryl/α,β-unsaturated/α-hetero) is 1. The fourth-order valence-corrected chi connectivity index (χ4v) is 5.56. The number of aryl methyl sites for hydroxylation is 1. The van der Waals surface area contributed by atoms with E-state index in [1.54, 1.807) is 0 Å². The second-order valence-electron chi connectivity index (χ2n) is 9.52. The van der Waals surface area contributed by atoms with E-state index in [9.17, 15) is 10.1 Å². The van der Waals surface area contributed by atoms with Crippen molar-refractivity contribution in [2.45, 2.75) is 39.5 Å². The van der Waals surface area contributed by atoms with Gasteiger partial charge in [-0.25, -0.2) is 0 Å². The third kappa shape index (κ3) is 3.50. The topological polar surface area (TPSA) is 88.6 Å². The molecular formula is C26H24BrN3O3. The minimum absolute atomic E-state index is 0.0453. The van der Waals surface area contributed by atoms with Gasteiger partial charge in [-0.1, -0.05) is 35.8 Å². The smallest absolute Gasteiger partial charge is 0.231 e. The number of carbonyl (C=O) groups is 1. The number of fused-ring (bicyclic) bond motifs is 1. The number of halogens is 1. The van der Waals surface area contributed by atoms with Gasteiger partial charge in [0.1, 0.15) is 5.82 Å². The number of hydrogen-bond acceptors (Lipinski definition) is 6. The monoisotopic (exact) mass is 505 g/mol. The van der Waals surface area contributed by atoms with Gasteiger partial charge >= 0.3 is 0 Å². The highest BCUT2D eigenvalue weighted by Crippen LogP contribution is 2.51. The number of hydrogen-bond donors (Lipinski definition) is 1. The summed E-state index contributed by atoms with van der Waals surface area (Å²) < 4.78 is 12.0. The molecule has 0 fully saturated rings. The second kappa shape index (κ2) is 7.67. The number of nitrogens with zero attached hydrogens (tertiary/aromatic N) is 2. The molecule has 0 aromatic heterocycles. The lowest BCUT2D eigenvalue weighted by molar-refractivity contribution is -0.118. The zero-order valence-electron chi connectivity index (χ0n) is 18.7. The van der Waals surface area contributed by atoms with Crippen LogP contribution in [0.5, 0.6) is 11.5 Å². The molecule has 2 N–H and O–H groups in total. The normalized spacial score (nSPS) is 21.2. The molecule has 2 aromatic rings. The first-order valence-corrected chi connectivity index (χ1v) is 11.6. The molecule has 0 spiro atoms. The first kappa shape index (κ1) is 21.6. The van der Waals surface area contributed by atoms with Crippen molar-refractivity contribution in [3.8, 4) is 17.6 Å². The molecule has 0 bridgehead atoms. The Morgan fingerprint density at radius 1 is 1.15 bits per heavy atom. The Morgan fingerprint density at radius 3 is 2.64 bits per heavy atom. The summed E-state index contributed by atoms with van der Waals surface area (Å²) in [6, 6.07) is 13.8. The molecule has 0 saturated carbocycles. The number of rotatable bonds is 2. The van der Waals surface area contributed by atoms with E-state index in [1.165, 1.54) is 0 Å². The van der Waals surface area contributed by atoms with E-state index in [4.69, 9.17) is 15.2 Å². The molecule has 7 heteroatoms. The van der Waals surface area contributed by atoms with Crippen molar-refractivity contribution in [1.29, 1.82) is 5.26 Å². The highest BCUT2D eigenvalue weighted by atomic mass is 79.9. The lowest BCUT2D eigenvalue weighted by Crippen LogP contribution is -2.42.